The first-order valence-corrected chi connectivity index (χ1v) is 7.69. The van der Waals surface area contributed by atoms with E-state index >= 15 is 0 Å². The molecule has 0 bridgehead atoms. The first kappa shape index (κ1) is 13.9. The third kappa shape index (κ3) is 2.72. The zero-order chi connectivity index (χ0) is 14.8. The number of para-hydroxylation sites is 1. The van der Waals surface area contributed by atoms with Gasteiger partial charge in [0, 0.05) is 23.5 Å². The Balaban J connectivity index is 2.06. The average Bonchev–Trinajstić information content (AvgIpc) is 2.63. The van der Waals surface area contributed by atoms with Gasteiger partial charge in [-0.3, -0.25) is 9.59 Å². The van der Waals surface area contributed by atoms with Crippen molar-refractivity contribution in [3.05, 3.63) is 60.2 Å². The second kappa shape index (κ2) is 5.74. The predicted molar refractivity (Wildman–Crippen MR) is 84.3 cm³/mol. The number of carbonyl (C=O) groups excluding carboxylic acids is 2. The molecule has 3 rings (SSSR count). The summed E-state index contributed by atoms with van der Waals surface area (Å²) < 4.78 is 0. The molecule has 1 heterocycles. The second-order valence-corrected chi connectivity index (χ2v) is 6.18. The van der Waals surface area contributed by atoms with E-state index in [-0.39, 0.29) is 17.1 Å². The van der Waals surface area contributed by atoms with Crippen molar-refractivity contribution in [1.82, 2.24) is 0 Å². The number of benzene rings is 2. The molecule has 0 spiro atoms. The largest absolute Gasteiger partial charge is 0.274 e. The van der Waals surface area contributed by atoms with Crippen LogP contribution < -0.4 is 4.90 Å². The second-order valence-electron chi connectivity index (χ2n) is 4.94. The zero-order valence-corrected chi connectivity index (χ0v) is 12.5. The van der Waals surface area contributed by atoms with Crippen molar-refractivity contribution >= 4 is 29.3 Å². The maximum absolute atomic E-state index is 12.5. The quantitative estimate of drug-likeness (QED) is 0.803. The molecule has 3 nitrogen and oxygen atoms in total. The highest BCUT2D eigenvalue weighted by atomic mass is 32.2. The molecule has 21 heavy (non-hydrogen) atoms. The molecule has 0 saturated carbocycles. The van der Waals surface area contributed by atoms with Crippen molar-refractivity contribution in [3.63, 3.8) is 0 Å². The van der Waals surface area contributed by atoms with Crippen molar-refractivity contribution in [2.45, 2.75) is 23.5 Å². The summed E-state index contributed by atoms with van der Waals surface area (Å²) in [4.78, 5) is 26.6. The minimum atomic E-state index is -0.234. The van der Waals surface area contributed by atoms with Crippen LogP contribution in [0.2, 0.25) is 0 Å². The molecule has 106 valence electrons. The number of nitrogens with zero attached hydrogens (tertiary/aromatic N) is 1. The summed E-state index contributed by atoms with van der Waals surface area (Å²) in [5.41, 5.74) is 1.80. The Bertz CT molecular complexity index is 684. The molecular formula is C17H15NO2S. The van der Waals surface area contributed by atoms with Crippen molar-refractivity contribution < 1.29 is 9.59 Å². The SMILES string of the molecule is CC(=O)N1C(=O)C[C@@H](c2ccccc2)Sc2ccccc21. The minimum Gasteiger partial charge on any atom is -0.274 e. The van der Waals surface area contributed by atoms with E-state index in [0.717, 1.165) is 10.5 Å². The fraction of sp³-hybridized carbons (Fsp3) is 0.176. The molecule has 0 unspecified atom stereocenters. The predicted octanol–water partition coefficient (Wildman–Crippen LogP) is 3.80. The van der Waals surface area contributed by atoms with Gasteiger partial charge in [0.1, 0.15) is 0 Å². The Morgan fingerprint density at radius 3 is 2.48 bits per heavy atom. The molecular weight excluding hydrogens is 282 g/mol. The Kier molecular flexibility index (Phi) is 3.80. The summed E-state index contributed by atoms with van der Waals surface area (Å²) in [6.45, 7) is 1.43. The van der Waals surface area contributed by atoms with Gasteiger partial charge in [0.2, 0.25) is 11.8 Å². The summed E-state index contributed by atoms with van der Waals surface area (Å²) in [6, 6.07) is 17.5. The highest BCUT2D eigenvalue weighted by Crippen LogP contribution is 2.45. The topological polar surface area (TPSA) is 37.4 Å². The van der Waals surface area contributed by atoms with Gasteiger partial charge >= 0.3 is 0 Å². The van der Waals surface area contributed by atoms with E-state index in [2.05, 4.69) is 0 Å². The average molecular weight is 297 g/mol. The Morgan fingerprint density at radius 1 is 1.10 bits per heavy atom. The smallest absolute Gasteiger partial charge is 0.235 e. The van der Waals surface area contributed by atoms with Crippen molar-refractivity contribution in [2.24, 2.45) is 0 Å². The molecule has 4 heteroatoms. The van der Waals surface area contributed by atoms with Crippen LogP contribution in [0, 0.1) is 0 Å². The van der Waals surface area contributed by atoms with E-state index in [1.165, 1.54) is 11.8 Å². The third-order valence-electron chi connectivity index (χ3n) is 3.47. The molecule has 0 fully saturated rings. The number of rotatable bonds is 1. The maximum Gasteiger partial charge on any atom is 0.235 e. The van der Waals surface area contributed by atoms with E-state index in [4.69, 9.17) is 0 Å². The normalized spacial score (nSPS) is 18.0. The van der Waals surface area contributed by atoms with E-state index in [1.807, 2.05) is 54.6 Å². The van der Waals surface area contributed by atoms with E-state index in [1.54, 1.807) is 11.8 Å². The van der Waals surface area contributed by atoms with Gasteiger partial charge in [-0.05, 0) is 17.7 Å². The molecule has 0 aromatic heterocycles. The number of imide groups is 1. The molecule has 1 aliphatic rings. The van der Waals surface area contributed by atoms with Gasteiger partial charge in [0.15, 0.2) is 0 Å². The van der Waals surface area contributed by atoms with Gasteiger partial charge in [-0.2, -0.15) is 0 Å². The highest BCUT2D eigenvalue weighted by Gasteiger charge is 2.31. The molecule has 0 saturated heterocycles. The number of fused-ring (bicyclic) bond motifs is 1. The zero-order valence-electron chi connectivity index (χ0n) is 11.7. The number of anilines is 1. The van der Waals surface area contributed by atoms with Crippen molar-refractivity contribution in [2.75, 3.05) is 4.90 Å². The summed E-state index contributed by atoms with van der Waals surface area (Å²) in [7, 11) is 0. The first-order chi connectivity index (χ1) is 10.2. The number of hydrogen-bond donors (Lipinski definition) is 0. The van der Waals surface area contributed by atoms with Crippen LogP contribution in [0.5, 0.6) is 0 Å². The molecule has 0 N–H and O–H groups in total. The summed E-state index contributed by atoms with van der Waals surface area (Å²) in [5, 5.41) is 0.0317. The van der Waals surface area contributed by atoms with Crippen LogP contribution in [0.1, 0.15) is 24.2 Å². The lowest BCUT2D eigenvalue weighted by atomic mass is 10.1. The Labute approximate surface area is 128 Å². The summed E-state index contributed by atoms with van der Waals surface area (Å²) in [5.74, 6) is -0.379. The third-order valence-corrected chi connectivity index (χ3v) is 4.79. The van der Waals surface area contributed by atoms with E-state index < -0.39 is 0 Å². The summed E-state index contributed by atoms with van der Waals surface area (Å²) >= 11 is 1.64. The van der Waals surface area contributed by atoms with Crippen LogP contribution in [0.4, 0.5) is 5.69 Å². The molecule has 2 aromatic rings. The molecule has 1 aliphatic heterocycles. The maximum atomic E-state index is 12.5. The monoisotopic (exact) mass is 297 g/mol. The fourth-order valence-corrected chi connectivity index (χ4v) is 3.78. The molecule has 1 atom stereocenters. The standard InChI is InChI=1S/C17H15NO2S/c1-12(19)18-14-9-5-6-10-15(14)21-16(11-17(18)20)13-7-3-2-4-8-13/h2-10,16H,11H2,1H3/t16-/m0/s1. The fourth-order valence-electron chi connectivity index (χ4n) is 2.52. The first-order valence-electron chi connectivity index (χ1n) is 6.81. The van der Waals surface area contributed by atoms with Crippen molar-refractivity contribution in [3.8, 4) is 0 Å². The number of carbonyl (C=O) groups is 2. The Morgan fingerprint density at radius 2 is 1.76 bits per heavy atom. The number of thioether (sulfide) groups is 1. The van der Waals surface area contributed by atoms with Crippen LogP contribution in [0.3, 0.4) is 0 Å². The van der Waals surface area contributed by atoms with E-state index in [9.17, 15) is 9.59 Å². The molecule has 2 aromatic carbocycles. The molecule has 0 aliphatic carbocycles. The minimum absolute atomic E-state index is 0.0317. The number of amides is 2. The van der Waals surface area contributed by atoms with Crippen molar-refractivity contribution in [1.29, 1.82) is 0 Å². The van der Waals surface area contributed by atoms with Crippen LogP contribution in [-0.2, 0) is 9.59 Å². The molecule has 2 amide bonds. The molecule has 0 radical (unpaired) electrons. The Hall–Kier alpha value is -2.07. The van der Waals surface area contributed by atoms with Gasteiger partial charge in [-0.15, -0.1) is 11.8 Å². The summed E-state index contributed by atoms with van der Waals surface area (Å²) in [6.07, 6.45) is 0.322. The van der Waals surface area contributed by atoms with Crippen LogP contribution in [-0.4, -0.2) is 11.8 Å². The van der Waals surface area contributed by atoms with Gasteiger partial charge in [0.05, 0.1) is 5.69 Å². The lowest BCUT2D eigenvalue weighted by Crippen LogP contribution is -2.35. The van der Waals surface area contributed by atoms with Gasteiger partial charge in [-0.25, -0.2) is 4.90 Å². The lowest BCUT2D eigenvalue weighted by Gasteiger charge is -2.18. The van der Waals surface area contributed by atoms with Gasteiger partial charge in [0.25, 0.3) is 0 Å². The van der Waals surface area contributed by atoms with Crippen LogP contribution >= 0.6 is 11.8 Å². The van der Waals surface area contributed by atoms with Crippen LogP contribution in [0.15, 0.2) is 59.5 Å². The van der Waals surface area contributed by atoms with E-state index in [0.29, 0.717) is 12.1 Å². The van der Waals surface area contributed by atoms with Gasteiger partial charge < -0.3 is 0 Å². The lowest BCUT2D eigenvalue weighted by molar-refractivity contribution is -0.125. The highest BCUT2D eigenvalue weighted by molar-refractivity contribution is 7.99. The number of hydrogen-bond acceptors (Lipinski definition) is 3. The van der Waals surface area contributed by atoms with Gasteiger partial charge in [-0.1, -0.05) is 42.5 Å². The van der Waals surface area contributed by atoms with Crippen LogP contribution in [0.25, 0.3) is 0 Å².